The lowest BCUT2D eigenvalue weighted by molar-refractivity contribution is 0.0992. The van der Waals surface area contributed by atoms with E-state index in [1.54, 1.807) is 47.1 Å². The molecule has 6 aromatic rings. The van der Waals surface area contributed by atoms with Gasteiger partial charge in [0, 0.05) is 43.5 Å². The third-order valence-electron chi connectivity index (χ3n) is 8.57. The largest absolute Gasteiger partial charge is 0.366 e. The van der Waals surface area contributed by atoms with Crippen LogP contribution in [-0.2, 0) is 26.2 Å². The van der Waals surface area contributed by atoms with Crippen molar-refractivity contribution in [1.29, 1.82) is 0 Å². The number of carbonyl (C=O) groups is 4. The van der Waals surface area contributed by atoms with Crippen molar-refractivity contribution in [2.45, 2.75) is 74.1 Å². The van der Waals surface area contributed by atoms with Crippen molar-refractivity contribution in [3.05, 3.63) is 88.5 Å². The minimum Gasteiger partial charge on any atom is -0.366 e. The van der Waals surface area contributed by atoms with Gasteiger partial charge in [0.05, 0.1) is 27.8 Å². The van der Waals surface area contributed by atoms with Crippen LogP contribution in [-0.4, -0.2) is 57.1 Å². The molecule has 0 aliphatic carbocycles. The number of aromatic nitrogens is 7. The third kappa shape index (κ3) is 7.22. The second-order valence-electron chi connectivity index (χ2n) is 12.1. The van der Waals surface area contributed by atoms with Gasteiger partial charge in [-0.05, 0) is 94.6 Å². The molecular weight excluding hydrogens is 650 g/mol. The number of benzene rings is 2. The lowest BCUT2D eigenvalue weighted by Crippen LogP contribution is -2.20. The van der Waals surface area contributed by atoms with Crippen LogP contribution in [0.4, 0.5) is 11.9 Å². The highest BCUT2D eigenvalue weighted by Gasteiger charge is 2.21. The number of aryl methyl sites for hydroxylation is 6. The van der Waals surface area contributed by atoms with Gasteiger partial charge >= 0.3 is 0 Å². The number of unbranched alkanes of at least 4 members (excludes halogenated alkanes) is 1. The van der Waals surface area contributed by atoms with E-state index >= 15 is 0 Å². The first-order chi connectivity index (χ1) is 24.0. The molecule has 0 unspecified atom stereocenters. The molecule has 0 spiro atoms. The Hall–Kier alpha value is -6.25. The average Bonchev–Trinajstić information content (AvgIpc) is 3.84. The van der Waals surface area contributed by atoms with Crippen molar-refractivity contribution < 1.29 is 19.2 Å². The maximum atomic E-state index is 13.4. The molecule has 266 valence electrons. The Morgan fingerprint density at radius 1 is 0.706 bits per heavy atom. The van der Waals surface area contributed by atoms with Crippen molar-refractivity contribution >= 4 is 57.6 Å². The van der Waals surface area contributed by atoms with Crippen LogP contribution in [0.2, 0.25) is 0 Å². The summed E-state index contributed by atoms with van der Waals surface area (Å²) >= 11 is 0. The fraction of sp³-hybridized carbons (Fsp3) is 0.306. The number of anilines is 2. The molecule has 6 N–H and O–H groups in total. The van der Waals surface area contributed by atoms with Gasteiger partial charge in [-0.15, -0.1) is 0 Å². The third-order valence-corrected chi connectivity index (χ3v) is 8.57. The molecule has 4 amide bonds. The first-order valence-corrected chi connectivity index (χ1v) is 16.4. The summed E-state index contributed by atoms with van der Waals surface area (Å²) in [5.74, 6) is -1.14. The zero-order valence-corrected chi connectivity index (χ0v) is 28.4. The van der Waals surface area contributed by atoms with Gasteiger partial charge < -0.3 is 25.2 Å². The van der Waals surface area contributed by atoms with E-state index < -0.39 is 11.8 Å². The van der Waals surface area contributed by atoms with Crippen LogP contribution in [0.1, 0.15) is 87.1 Å². The molecule has 0 saturated heterocycles. The summed E-state index contributed by atoms with van der Waals surface area (Å²) in [6.45, 7) is 9.73. The number of nitrogens with two attached hydrogens (primary N) is 2. The number of amides is 4. The summed E-state index contributed by atoms with van der Waals surface area (Å²) in [5.41, 5.74) is 16.8. The van der Waals surface area contributed by atoms with Gasteiger partial charge in [-0.1, -0.05) is 7.43 Å². The molecule has 0 saturated carbocycles. The fourth-order valence-electron chi connectivity index (χ4n) is 6.16. The van der Waals surface area contributed by atoms with Crippen LogP contribution in [0.25, 0.3) is 22.1 Å². The van der Waals surface area contributed by atoms with E-state index in [0.717, 1.165) is 22.3 Å². The average molecular weight is 694 g/mol. The second kappa shape index (κ2) is 14.7. The minimum absolute atomic E-state index is 0. The highest BCUT2D eigenvalue weighted by Crippen LogP contribution is 2.25. The van der Waals surface area contributed by atoms with Gasteiger partial charge in [0.15, 0.2) is 0 Å². The van der Waals surface area contributed by atoms with Crippen LogP contribution in [0, 0.1) is 13.8 Å². The molecule has 0 aliphatic heterocycles. The maximum Gasteiger partial charge on any atom is 0.276 e. The smallest absolute Gasteiger partial charge is 0.276 e. The van der Waals surface area contributed by atoms with Crippen LogP contribution in [0.3, 0.4) is 0 Å². The number of primary amides is 2. The topological polar surface area (TPSA) is 203 Å². The molecule has 15 nitrogen and oxygen atoms in total. The molecular formula is C36H43N11O4. The van der Waals surface area contributed by atoms with Gasteiger partial charge in [0.1, 0.15) is 11.4 Å². The van der Waals surface area contributed by atoms with E-state index in [2.05, 4.69) is 25.7 Å². The van der Waals surface area contributed by atoms with Crippen molar-refractivity contribution in [2.75, 3.05) is 10.6 Å². The molecule has 0 bridgehead atoms. The van der Waals surface area contributed by atoms with Crippen LogP contribution >= 0.6 is 0 Å². The zero-order chi connectivity index (χ0) is 35.7. The first kappa shape index (κ1) is 36.0. The van der Waals surface area contributed by atoms with Crippen molar-refractivity contribution in [3.63, 3.8) is 0 Å². The first-order valence-electron chi connectivity index (χ1n) is 16.4. The van der Waals surface area contributed by atoms with Crippen molar-refractivity contribution in [3.8, 4) is 0 Å². The summed E-state index contributed by atoms with van der Waals surface area (Å²) in [5, 5.41) is 10.3. The summed E-state index contributed by atoms with van der Waals surface area (Å²) in [4.78, 5) is 59.9. The SMILES string of the molecule is C.CCn1cc(C)cc1C(=O)Nc1nc2cc(C(N)=O)ccc2n1CCCCn1c(NC(=O)c2cc(C)nn2CC)nc2cc(C(N)=O)ccc21. The molecule has 0 radical (unpaired) electrons. The van der Waals surface area contributed by atoms with Gasteiger partial charge in [-0.3, -0.25) is 34.5 Å². The normalized spacial score (nSPS) is 11.1. The predicted octanol–water partition coefficient (Wildman–Crippen LogP) is 4.86. The predicted molar refractivity (Wildman–Crippen MR) is 196 cm³/mol. The molecule has 4 aromatic heterocycles. The monoisotopic (exact) mass is 693 g/mol. The molecule has 15 heteroatoms. The Morgan fingerprint density at radius 2 is 1.22 bits per heavy atom. The molecule has 0 atom stereocenters. The molecule has 0 fully saturated rings. The van der Waals surface area contributed by atoms with Gasteiger partial charge in [-0.2, -0.15) is 5.10 Å². The van der Waals surface area contributed by atoms with Crippen molar-refractivity contribution in [2.24, 2.45) is 11.5 Å². The molecule has 6 rings (SSSR count). The number of carbonyl (C=O) groups excluding carboxylic acids is 4. The van der Waals surface area contributed by atoms with E-state index in [1.165, 1.54) is 0 Å². The molecule has 4 heterocycles. The highest BCUT2D eigenvalue weighted by molar-refractivity contribution is 6.04. The summed E-state index contributed by atoms with van der Waals surface area (Å²) in [6.07, 6.45) is 3.20. The molecule has 51 heavy (non-hydrogen) atoms. The fourth-order valence-corrected chi connectivity index (χ4v) is 6.16. The van der Waals surface area contributed by atoms with E-state index in [1.807, 2.05) is 53.7 Å². The number of fused-ring (bicyclic) bond motifs is 2. The van der Waals surface area contributed by atoms with Crippen LogP contribution in [0.5, 0.6) is 0 Å². The maximum absolute atomic E-state index is 13.4. The van der Waals surface area contributed by atoms with Gasteiger partial charge in [0.25, 0.3) is 11.8 Å². The summed E-state index contributed by atoms with van der Waals surface area (Å²) in [7, 11) is 0. The Bertz CT molecular complexity index is 2130. The summed E-state index contributed by atoms with van der Waals surface area (Å²) in [6, 6.07) is 13.6. The number of rotatable bonds is 13. The van der Waals surface area contributed by atoms with Crippen molar-refractivity contribution in [1.82, 2.24) is 33.4 Å². The van der Waals surface area contributed by atoms with Crippen LogP contribution in [0.15, 0.2) is 54.7 Å². The lowest BCUT2D eigenvalue weighted by atomic mass is 10.2. The summed E-state index contributed by atoms with van der Waals surface area (Å²) < 4.78 is 7.30. The number of nitrogens with zero attached hydrogens (tertiary/aromatic N) is 7. The number of hydrogen-bond donors (Lipinski definition) is 4. The van der Waals surface area contributed by atoms with Crippen LogP contribution < -0.4 is 22.1 Å². The quantitative estimate of drug-likeness (QED) is 0.124. The highest BCUT2D eigenvalue weighted by atomic mass is 16.2. The molecule has 2 aromatic carbocycles. The number of imidazole rings is 2. The minimum atomic E-state index is -0.578. The van der Waals surface area contributed by atoms with E-state index in [4.69, 9.17) is 11.5 Å². The Labute approximate surface area is 294 Å². The van der Waals surface area contributed by atoms with Gasteiger partial charge in [-0.25, -0.2) is 9.97 Å². The van der Waals surface area contributed by atoms with E-state index in [9.17, 15) is 19.2 Å². The number of nitrogens with one attached hydrogen (secondary N) is 2. The Balaban J connectivity index is 0.00000504. The Morgan fingerprint density at radius 3 is 1.69 bits per heavy atom. The second-order valence-corrected chi connectivity index (χ2v) is 12.1. The lowest BCUT2D eigenvalue weighted by Gasteiger charge is -2.13. The van der Waals surface area contributed by atoms with E-state index in [0.29, 0.717) is 84.5 Å². The van der Waals surface area contributed by atoms with E-state index in [-0.39, 0.29) is 19.2 Å². The standard InChI is InChI=1S/C35H39N11O4.CH4/c1-5-43-19-20(3)15-28(43)32(49)40-34-38-24-17-22(30(36)47)9-11-26(24)44(34)13-7-8-14-45-27-12-10-23(31(37)48)18-25(27)39-35(45)41-33(50)29-16-21(4)42-46(29)6-2;/h9-12,15-19H,5-8,13-14H2,1-4H3,(H2,36,47)(H2,37,48)(H,38,40,49)(H,39,41,50);1H4. The zero-order valence-electron chi connectivity index (χ0n) is 28.4. The number of hydrogen-bond acceptors (Lipinski definition) is 7. The Kier molecular flexibility index (Phi) is 10.4. The molecule has 0 aliphatic rings. The van der Waals surface area contributed by atoms with Gasteiger partial charge in [0.2, 0.25) is 23.7 Å².